The number of aromatic nitrogens is 2. The first-order valence-corrected chi connectivity index (χ1v) is 8.76. The van der Waals surface area contributed by atoms with Crippen LogP contribution in [0, 0.1) is 0 Å². The van der Waals surface area contributed by atoms with Crippen LogP contribution in [0.25, 0.3) is 11.0 Å². The molecule has 1 aromatic carbocycles. The molecule has 3 rings (SSSR count). The van der Waals surface area contributed by atoms with Crippen molar-refractivity contribution >= 4 is 32.8 Å². The van der Waals surface area contributed by atoms with Crippen molar-refractivity contribution in [2.75, 3.05) is 6.54 Å². The van der Waals surface area contributed by atoms with E-state index in [1.54, 1.807) is 18.2 Å². The predicted molar refractivity (Wildman–Crippen MR) is 78.2 cm³/mol. The highest BCUT2D eigenvalue weighted by molar-refractivity contribution is 7.89. The van der Waals surface area contributed by atoms with Gasteiger partial charge in [-0.05, 0) is 38.4 Å². The molecule has 1 aliphatic rings. The maximum Gasteiger partial charge on any atom is 0.243 e. The van der Waals surface area contributed by atoms with Gasteiger partial charge in [-0.25, -0.2) is 13.1 Å². The monoisotopic (exact) mass is 312 g/mol. The number of hydrogen-bond donors (Lipinski definition) is 2. The Labute approximate surface area is 122 Å². The van der Waals surface area contributed by atoms with Crippen molar-refractivity contribution in [3.05, 3.63) is 18.2 Å². The van der Waals surface area contributed by atoms with Gasteiger partial charge in [0.1, 0.15) is 15.9 Å². The van der Waals surface area contributed by atoms with E-state index in [-0.39, 0.29) is 17.0 Å². The van der Waals surface area contributed by atoms with Gasteiger partial charge in [0.2, 0.25) is 10.0 Å². The van der Waals surface area contributed by atoms with Crippen LogP contribution >= 0.6 is 11.7 Å². The van der Waals surface area contributed by atoms with Crippen LogP contribution in [0.4, 0.5) is 0 Å². The molecule has 1 fully saturated rings. The van der Waals surface area contributed by atoms with Crippen LogP contribution in [0.3, 0.4) is 0 Å². The lowest BCUT2D eigenvalue weighted by molar-refractivity contribution is 0.349. The molecular formula is C12H16N4O2S2. The number of fused-ring (bicyclic) bond motifs is 1. The maximum atomic E-state index is 12.6. The molecule has 1 aliphatic heterocycles. The summed E-state index contributed by atoms with van der Waals surface area (Å²) in [6.07, 6.45) is 1.82. The fourth-order valence-corrected chi connectivity index (χ4v) is 4.58. The Balaban J connectivity index is 1.93. The van der Waals surface area contributed by atoms with Crippen LogP contribution in [0.5, 0.6) is 0 Å². The molecule has 20 heavy (non-hydrogen) atoms. The van der Waals surface area contributed by atoms with Crippen molar-refractivity contribution < 1.29 is 8.42 Å². The highest BCUT2D eigenvalue weighted by atomic mass is 32.2. The summed E-state index contributed by atoms with van der Waals surface area (Å²) in [6, 6.07) is 5.08. The lowest BCUT2D eigenvalue weighted by Gasteiger charge is -2.30. The van der Waals surface area contributed by atoms with Gasteiger partial charge in [-0.3, -0.25) is 0 Å². The van der Waals surface area contributed by atoms with Gasteiger partial charge in [-0.2, -0.15) is 8.75 Å². The van der Waals surface area contributed by atoms with Crippen molar-refractivity contribution in [1.82, 2.24) is 18.8 Å². The van der Waals surface area contributed by atoms with E-state index in [9.17, 15) is 8.42 Å². The van der Waals surface area contributed by atoms with Gasteiger partial charge in [0.25, 0.3) is 0 Å². The summed E-state index contributed by atoms with van der Waals surface area (Å²) in [4.78, 5) is 0.210. The van der Waals surface area contributed by atoms with Gasteiger partial charge >= 0.3 is 0 Å². The summed E-state index contributed by atoms with van der Waals surface area (Å²) in [5.74, 6) is 0. The minimum atomic E-state index is -3.58. The molecule has 2 atom stereocenters. The maximum absolute atomic E-state index is 12.6. The Morgan fingerprint density at radius 2 is 2.25 bits per heavy atom. The standard InChI is InChI=1S/C12H16N4O2S2/c1-8-9(5-3-7-13-8)16-20(17,18)11-6-2-4-10-12(11)15-19-14-10/h2,4,6,8-9,13,16H,3,5,7H2,1H3. The minimum Gasteiger partial charge on any atom is -0.313 e. The zero-order chi connectivity index (χ0) is 14.2. The molecule has 0 saturated carbocycles. The number of hydrogen-bond acceptors (Lipinski definition) is 6. The van der Waals surface area contributed by atoms with Crippen LogP contribution in [-0.2, 0) is 10.0 Å². The molecule has 6 nitrogen and oxygen atoms in total. The fourth-order valence-electron chi connectivity index (χ4n) is 2.47. The van der Waals surface area contributed by atoms with E-state index >= 15 is 0 Å². The Hall–Kier alpha value is -1.09. The van der Waals surface area contributed by atoms with Crippen LogP contribution in [0.1, 0.15) is 19.8 Å². The number of nitrogens with one attached hydrogen (secondary N) is 2. The van der Waals surface area contributed by atoms with Gasteiger partial charge < -0.3 is 5.32 Å². The average Bonchev–Trinajstić information content (AvgIpc) is 2.89. The molecule has 1 saturated heterocycles. The van der Waals surface area contributed by atoms with Crippen molar-refractivity contribution in [3.8, 4) is 0 Å². The number of rotatable bonds is 3. The molecule has 2 aromatic rings. The largest absolute Gasteiger partial charge is 0.313 e. The highest BCUT2D eigenvalue weighted by Gasteiger charge is 2.28. The lowest BCUT2D eigenvalue weighted by atomic mass is 10.0. The normalized spacial score (nSPS) is 24.1. The van der Waals surface area contributed by atoms with E-state index in [4.69, 9.17) is 0 Å². The predicted octanol–water partition coefficient (Wildman–Crippen LogP) is 1.11. The van der Waals surface area contributed by atoms with Gasteiger partial charge in [0.05, 0.1) is 11.7 Å². The summed E-state index contributed by atoms with van der Waals surface area (Å²) >= 11 is 1.03. The number of nitrogens with zero attached hydrogens (tertiary/aromatic N) is 2. The third kappa shape index (κ3) is 2.56. The van der Waals surface area contributed by atoms with E-state index in [2.05, 4.69) is 18.8 Å². The first kappa shape index (κ1) is 13.9. The molecular weight excluding hydrogens is 296 g/mol. The van der Waals surface area contributed by atoms with Crippen LogP contribution in [0.15, 0.2) is 23.1 Å². The van der Waals surface area contributed by atoms with Crippen molar-refractivity contribution in [2.24, 2.45) is 0 Å². The Morgan fingerprint density at radius 3 is 3.05 bits per heavy atom. The van der Waals surface area contributed by atoms with Gasteiger partial charge in [-0.1, -0.05) is 6.07 Å². The van der Waals surface area contributed by atoms with Crippen LogP contribution in [0.2, 0.25) is 0 Å². The minimum absolute atomic E-state index is 0.0874. The first-order chi connectivity index (χ1) is 9.58. The van der Waals surface area contributed by atoms with Crippen LogP contribution < -0.4 is 10.0 Å². The van der Waals surface area contributed by atoms with E-state index in [1.165, 1.54) is 0 Å². The third-order valence-corrected chi connectivity index (χ3v) is 5.67. The summed E-state index contributed by atoms with van der Waals surface area (Å²) in [7, 11) is -3.58. The molecule has 0 amide bonds. The SMILES string of the molecule is CC1NCCCC1NS(=O)(=O)c1cccc2nsnc12. The number of piperidine rings is 1. The Morgan fingerprint density at radius 1 is 1.40 bits per heavy atom. The zero-order valence-electron chi connectivity index (χ0n) is 11.0. The summed E-state index contributed by atoms with van der Waals surface area (Å²) < 4.78 is 36.1. The van der Waals surface area contributed by atoms with Crippen molar-refractivity contribution in [2.45, 2.75) is 36.7 Å². The summed E-state index contributed by atoms with van der Waals surface area (Å²) in [6.45, 7) is 2.93. The number of sulfonamides is 1. The lowest BCUT2D eigenvalue weighted by Crippen LogP contribution is -2.51. The summed E-state index contributed by atoms with van der Waals surface area (Å²) in [5, 5.41) is 3.29. The molecule has 108 valence electrons. The third-order valence-electron chi connectivity index (χ3n) is 3.61. The summed E-state index contributed by atoms with van der Waals surface area (Å²) in [5.41, 5.74) is 1.06. The van der Waals surface area contributed by atoms with E-state index in [0.717, 1.165) is 31.1 Å². The average molecular weight is 312 g/mol. The van der Waals surface area contributed by atoms with Crippen molar-refractivity contribution in [1.29, 1.82) is 0 Å². The molecule has 2 N–H and O–H groups in total. The second-order valence-corrected chi connectivity index (χ2v) is 7.21. The van der Waals surface area contributed by atoms with Gasteiger partial charge in [0.15, 0.2) is 0 Å². The molecule has 2 unspecified atom stereocenters. The molecule has 0 bridgehead atoms. The zero-order valence-corrected chi connectivity index (χ0v) is 12.7. The Kier molecular flexibility index (Phi) is 3.72. The van der Waals surface area contributed by atoms with Gasteiger partial charge in [0, 0.05) is 12.1 Å². The second-order valence-electron chi connectivity index (χ2n) is 5.00. The first-order valence-electron chi connectivity index (χ1n) is 6.55. The molecule has 0 spiro atoms. The molecule has 0 radical (unpaired) electrons. The topological polar surface area (TPSA) is 84.0 Å². The van der Waals surface area contributed by atoms with E-state index in [0.29, 0.717) is 11.0 Å². The second kappa shape index (κ2) is 5.36. The molecule has 1 aromatic heterocycles. The molecule has 2 heterocycles. The van der Waals surface area contributed by atoms with E-state index in [1.807, 2.05) is 6.92 Å². The fraction of sp³-hybridized carbons (Fsp3) is 0.500. The Bertz CT molecular complexity index is 713. The van der Waals surface area contributed by atoms with Crippen molar-refractivity contribution in [3.63, 3.8) is 0 Å². The smallest absolute Gasteiger partial charge is 0.243 e. The molecule has 8 heteroatoms. The number of benzene rings is 1. The van der Waals surface area contributed by atoms with Gasteiger partial charge in [-0.15, -0.1) is 0 Å². The quantitative estimate of drug-likeness (QED) is 0.887. The van der Waals surface area contributed by atoms with E-state index < -0.39 is 10.0 Å². The highest BCUT2D eigenvalue weighted by Crippen LogP contribution is 2.22. The molecule has 0 aliphatic carbocycles. The van der Waals surface area contributed by atoms with Crippen LogP contribution in [-0.4, -0.2) is 35.8 Å².